The number of nitrogens with one attached hydrogen (secondary N) is 1. The van der Waals surface area contributed by atoms with E-state index in [4.69, 9.17) is 18.0 Å². The molecule has 0 unspecified atom stereocenters. The predicted octanol–water partition coefficient (Wildman–Crippen LogP) is 2.11. The Kier molecular flexibility index (Phi) is 4.72. The SMILES string of the molecule is Cc1ccc(S(=O)(=O)NCc2ccc(C(N)=S)cc2)cc1. The van der Waals surface area contributed by atoms with Gasteiger partial charge < -0.3 is 5.73 Å². The predicted molar refractivity (Wildman–Crippen MR) is 87.5 cm³/mol. The molecular weight excluding hydrogens is 304 g/mol. The van der Waals surface area contributed by atoms with E-state index in [-0.39, 0.29) is 11.4 Å². The fraction of sp³-hybridized carbons (Fsp3) is 0.133. The minimum Gasteiger partial charge on any atom is -0.389 e. The molecule has 2 aromatic rings. The zero-order chi connectivity index (χ0) is 15.5. The van der Waals surface area contributed by atoms with Crippen molar-refractivity contribution in [3.63, 3.8) is 0 Å². The Morgan fingerprint density at radius 1 is 1.10 bits per heavy atom. The topological polar surface area (TPSA) is 72.2 Å². The van der Waals surface area contributed by atoms with Crippen molar-refractivity contribution < 1.29 is 8.42 Å². The zero-order valence-electron chi connectivity index (χ0n) is 11.5. The number of thiocarbonyl (C=S) groups is 1. The van der Waals surface area contributed by atoms with E-state index in [9.17, 15) is 8.42 Å². The molecule has 0 aliphatic rings. The van der Waals surface area contributed by atoms with Crippen LogP contribution >= 0.6 is 12.2 Å². The molecule has 4 nitrogen and oxygen atoms in total. The third kappa shape index (κ3) is 4.10. The van der Waals surface area contributed by atoms with E-state index in [1.165, 1.54) is 0 Å². The quantitative estimate of drug-likeness (QED) is 0.828. The highest BCUT2D eigenvalue weighted by molar-refractivity contribution is 7.89. The maximum absolute atomic E-state index is 12.1. The summed E-state index contributed by atoms with van der Waals surface area (Å²) in [4.78, 5) is 0.578. The molecule has 0 fully saturated rings. The third-order valence-electron chi connectivity index (χ3n) is 3.04. The highest BCUT2D eigenvalue weighted by Crippen LogP contribution is 2.11. The normalized spacial score (nSPS) is 11.3. The lowest BCUT2D eigenvalue weighted by Gasteiger charge is -2.08. The molecule has 0 amide bonds. The van der Waals surface area contributed by atoms with Gasteiger partial charge in [0.15, 0.2) is 0 Å². The van der Waals surface area contributed by atoms with Crippen LogP contribution in [0.4, 0.5) is 0 Å². The van der Waals surface area contributed by atoms with Crippen molar-refractivity contribution in [1.29, 1.82) is 0 Å². The van der Waals surface area contributed by atoms with Gasteiger partial charge in [-0.15, -0.1) is 0 Å². The van der Waals surface area contributed by atoms with Crippen molar-refractivity contribution in [1.82, 2.24) is 4.72 Å². The highest BCUT2D eigenvalue weighted by Gasteiger charge is 2.13. The van der Waals surface area contributed by atoms with E-state index in [0.29, 0.717) is 4.99 Å². The van der Waals surface area contributed by atoms with E-state index in [0.717, 1.165) is 16.7 Å². The monoisotopic (exact) mass is 320 g/mol. The minimum absolute atomic E-state index is 0.216. The van der Waals surface area contributed by atoms with Crippen LogP contribution in [-0.4, -0.2) is 13.4 Å². The van der Waals surface area contributed by atoms with Crippen LogP contribution in [0.3, 0.4) is 0 Å². The van der Waals surface area contributed by atoms with E-state index < -0.39 is 10.0 Å². The molecular formula is C15H16N2O2S2. The van der Waals surface area contributed by atoms with Gasteiger partial charge in [-0.3, -0.25) is 0 Å². The van der Waals surface area contributed by atoms with Crippen LogP contribution in [-0.2, 0) is 16.6 Å². The molecule has 0 aromatic heterocycles. The molecule has 0 atom stereocenters. The van der Waals surface area contributed by atoms with Crippen LogP contribution in [0.1, 0.15) is 16.7 Å². The van der Waals surface area contributed by atoms with E-state index in [1.54, 1.807) is 48.5 Å². The van der Waals surface area contributed by atoms with E-state index in [2.05, 4.69) is 4.72 Å². The second-order valence-electron chi connectivity index (χ2n) is 4.70. The Bertz CT molecular complexity index is 736. The summed E-state index contributed by atoms with van der Waals surface area (Å²) in [5.41, 5.74) is 8.13. The molecule has 0 radical (unpaired) electrons. The fourth-order valence-corrected chi connectivity index (χ4v) is 2.92. The van der Waals surface area contributed by atoms with Crippen LogP contribution in [0.5, 0.6) is 0 Å². The molecule has 2 rings (SSSR count). The number of rotatable bonds is 5. The number of hydrogen-bond donors (Lipinski definition) is 2. The van der Waals surface area contributed by atoms with Gasteiger partial charge in [-0.1, -0.05) is 54.2 Å². The minimum atomic E-state index is -3.50. The molecule has 0 saturated heterocycles. The highest BCUT2D eigenvalue weighted by atomic mass is 32.2. The maximum atomic E-state index is 12.1. The molecule has 21 heavy (non-hydrogen) atoms. The summed E-state index contributed by atoms with van der Waals surface area (Å²) in [5.74, 6) is 0. The standard InChI is InChI=1S/C15H16N2O2S2/c1-11-2-8-14(9-3-11)21(18,19)17-10-12-4-6-13(7-5-12)15(16)20/h2-9,17H,10H2,1H3,(H2,16,20). The summed E-state index contributed by atoms with van der Waals surface area (Å²) in [7, 11) is -3.50. The van der Waals surface area contributed by atoms with Gasteiger partial charge in [0.2, 0.25) is 10.0 Å². The van der Waals surface area contributed by atoms with Crippen molar-refractivity contribution in [2.24, 2.45) is 5.73 Å². The lowest BCUT2D eigenvalue weighted by atomic mass is 10.1. The molecule has 0 saturated carbocycles. The first kappa shape index (κ1) is 15.6. The smallest absolute Gasteiger partial charge is 0.240 e. The Morgan fingerprint density at radius 3 is 2.19 bits per heavy atom. The summed E-state index contributed by atoms with van der Waals surface area (Å²) < 4.78 is 26.8. The van der Waals surface area contributed by atoms with Crippen molar-refractivity contribution in [3.05, 3.63) is 65.2 Å². The van der Waals surface area contributed by atoms with Crippen molar-refractivity contribution in [2.75, 3.05) is 0 Å². The van der Waals surface area contributed by atoms with Gasteiger partial charge in [0, 0.05) is 12.1 Å². The van der Waals surface area contributed by atoms with Crippen LogP contribution in [0.25, 0.3) is 0 Å². The average Bonchev–Trinajstić information content (AvgIpc) is 2.46. The summed E-state index contributed by atoms with van der Waals surface area (Å²) in [6.45, 7) is 2.13. The zero-order valence-corrected chi connectivity index (χ0v) is 13.2. The lowest BCUT2D eigenvalue weighted by Crippen LogP contribution is -2.23. The first-order valence-electron chi connectivity index (χ1n) is 6.33. The maximum Gasteiger partial charge on any atom is 0.240 e. The molecule has 0 aliphatic heterocycles. The molecule has 0 heterocycles. The van der Waals surface area contributed by atoms with E-state index in [1.807, 2.05) is 6.92 Å². The second kappa shape index (κ2) is 6.34. The number of nitrogens with two attached hydrogens (primary N) is 1. The first-order valence-corrected chi connectivity index (χ1v) is 8.23. The Balaban J connectivity index is 2.08. The van der Waals surface area contributed by atoms with E-state index >= 15 is 0 Å². The molecule has 110 valence electrons. The first-order chi connectivity index (χ1) is 9.88. The van der Waals surface area contributed by atoms with Gasteiger partial charge in [-0.25, -0.2) is 13.1 Å². The summed E-state index contributed by atoms with van der Waals surface area (Å²) >= 11 is 4.87. The number of benzene rings is 2. The van der Waals surface area contributed by atoms with Gasteiger partial charge in [0.05, 0.1) is 4.90 Å². The Labute approximate surface area is 130 Å². The molecule has 2 aromatic carbocycles. The summed E-state index contributed by atoms with van der Waals surface area (Å²) in [6.07, 6.45) is 0. The number of sulfonamides is 1. The Hall–Kier alpha value is -1.76. The molecule has 6 heteroatoms. The van der Waals surface area contributed by atoms with Gasteiger partial charge in [-0.2, -0.15) is 0 Å². The van der Waals surface area contributed by atoms with Crippen LogP contribution in [0, 0.1) is 6.92 Å². The fourth-order valence-electron chi connectivity index (χ4n) is 1.77. The Morgan fingerprint density at radius 2 is 1.67 bits per heavy atom. The van der Waals surface area contributed by atoms with Crippen LogP contribution in [0.2, 0.25) is 0 Å². The molecule has 0 spiro atoms. The lowest BCUT2D eigenvalue weighted by molar-refractivity contribution is 0.581. The van der Waals surface area contributed by atoms with Gasteiger partial charge >= 0.3 is 0 Å². The van der Waals surface area contributed by atoms with Crippen LogP contribution < -0.4 is 10.5 Å². The summed E-state index contributed by atoms with van der Waals surface area (Å²) in [5, 5.41) is 0. The van der Waals surface area contributed by atoms with Gasteiger partial charge in [0.1, 0.15) is 4.99 Å². The average molecular weight is 320 g/mol. The van der Waals surface area contributed by atoms with Crippen molar-refractivity contribution >= 4 is 27.2 Å². The number of hydrogen-bond acceptors (Lipinski definition) is 3. The van der Waals surface area contributed by atoms with Crippen LogP contribution in [0.15, 0.2) is 53.4 Å². The summed E-state index contributed by atoms with van der Waals surface area (Å²) in [6, 6.07) is 13.9. The second-order valence-corrected chi connectivity index (χ2v) is 6.91. The molecule has 3 N–H and O–H groups in total. The van der Waals surface area contributed by atoms with Gasteiger partial charge in [0.25, 0.3) is 0 Å². The van der Waals surface area contributed by atoms with Gasteiger partial charge in [-0.05, 0) is 24.6 Å². The third-order valence-corrected chi connectivity index (χ3v) is 4.69. The molecule has 0 bridgehead atoms. The number of aryl methyl sites for hydroxylation is 1. The van der Waals surface area contributed by atoms with Crippen molar-refractivity contribution in [3.8, 4) is 0 Å². The molecule has 0 aliphatic carbocycles. The largest absolute Gasteiger partial charge is 0.389 e. The van der Waals surface area contributed by atoms with Crippen molar-refractivity contribution in [2.45, 2.75) is 18.4 Å².